The first-order valence-corrected chi connectivity index (χ1v) is 3.83. The predicted octanol–water partition coefficient (Wildman–Crippen LogP) is 0.336. The van der Waals surface area contributed by atoms with E-state index in [4.69, 9.17) is 4.74 Å². The predicted molar refractivity (Wildman–Crippen MR) is 40.6 cm³/mol. The lowest BCUT2D eigenvalue weighted by molar-refractivity contribution is -0.113. The van der Waals surface area contributed by atoms with Crippen LogP contribution in [0, 0.1) is 0 Å². The molecule has 0 bridgehead atoms. The smallest absolute Gasteiger partial charge is 0.410 e. The number of rotatable bonds is 1. The van der Waals surface area contributed by atoms with E-state index < -0.39 is 0 Å². The SMILES string of the molecule is CC(=O)C1=CC2COC(=O)N2C1. The standard InChI is InChI=1S/C8H9NO3/c1-5(10)6-2-7-4-12-8(11)9(7)3-6/h2,7H,3-4H2,1H3. The third-order valence-corrected chi connectivity index (χ3v) is 2.20. The minimum absolute atomic E-state index is 0.00333. The van der Waals surface area contributed by atoms with Gasteiger partial charge in [0.15, 0.2) is 5.78 Å². The summed E-state index contributed by atoms with van der Waals surface area (Å²) in [4.78, 5) is 23.5. The van der Waals surface area contributed by atoms with Crippen LogP contribution in [0.1, 0.15) is 6.92 Å². The maximum atomic E-state index is 11.0. The molecule has 1 fully saturated rings. The molecule has 0 aliphatic carbocycles. The van der Waals surface area contributed by atoms with Gasteiger partial charge in [-0.25, -0.2) is 4.79 Å². The Kier molecular flexibility index (Phi) is 1.43. The van der Waals surface area contributed by atoms with Gasteiger partial charge in [-0.3, -0.25) is 9.69 Å². The molecule has 0 aromatic rings. The van der Waals surface area contributed by atoms with Crippen molar-refractivity contribution in [3.63, 3.8) is 0 Å². The minimum Gasteiger partial charge on any atom is -0.447 e. The molecular weight excluding hydrogens is 158 g/mol. The van der Waals surface area contributed by atoms with Crippen molar-refractivity contribution in [2.24, 2.45) is 0 Å². The molecule has 1 atom stereocenters. The van der Waals surface area contributed by atoms with E-state index in [1.165, 1.54) is 6.92 Å². The molecule has 64 valence electrons. The van der Waals surface area contributed by atoms with Crippen LogP contribution in [-0.2, 0) is 9.53 Å². The average Bonchev–Trinajstić information content (AvgIpc) is 2.53. The molecule has 0 spiro atoms. The van der Waals surface area contributed by atoms with Gasteiger partial charge in [0.25, 0.3) is 0 Å². The summed E-state index contributed by atoms with van der Waals surface area (Å²) >= 11 is 0. The Bertz CT molecular complexity index is 282. The van der Waals surface area contributed by atoms with Crippen molar-refractivity contribution in [1.29, 1.82) is 0 Å². The number of hydrogen-bond acceptors (Lipinski definition) is 3. The fraction of sp³-hybridized carbons (Fsp3) is 0.500. The van der Waals surface area contributed by atoms with Gasteiger partial charge in [0, 0.05) is 5.57 Å². The van der Waals surface area contributed by atoms with Gasteiger partial charge in [-0.1, -0.05) is 0 Å². The lowest BCUT2D eigenvalue weighted by atomic mass is 10.2. The van der Waals surface area contributed by atoms with Gasteiger partial charge >= 0.3 is 6.09 Å². The Morgan fingerprint density at radius 1 is 1.75 bits per heavy atom. The number of cyclic esters (lactones) is 1. The normalized spacial score (nSPS) is 26.8. The van der Waals surface area contributed by atoms with E-state index >= 15 is 0 Å². The maximum absolute atomic E-state index is 11.0. The van der Waals surface area contributed by atoms with E-state index in [0.29, 0.717) is 13.2 Å². The number of amides is 1. The highest BCUT2D eigenvalue weighted by Gasteiger charge is 2.37. The zero-order valence-electron chi connectivity index (χ0n) is 6.74. The Labute approximate surface area is 69.8 Å². The number of fused-ring (bicyclic) bond motifs is 1. The van der Waals surface area contributed by atoms with Gasteiger partial charge in [-0.2, -0.15) is 0 Å². The monoisotopic (exact) mass is 167 g/mol. The van der Waals surface area contributed by atoms with Crippen LogP contribution in [0.2, 0.25) is 0 Å². The van der Waals surface area contributed by atoms with Gasteiger partial charge < -0.3 is 4.74 Å². The van der Waals surface area contributed by atoms with Crippen LogP contribution in [0.25, 0.3) is 0 Å². The Hall–Kier alpha value is -1.32. The first-order valence-electron chi connectivity index (χ1n) is 3.83. The number of carbonyl (C=O) groups excluding carboxylic acids is 2. The van der Waals surface area contributed by atoms with Crippen LogP contribution < -0.4 is 0 Å². The second-order valence-electron chi connectivity index (χ2n) is 3.02. The van der Waals surface area contributed by atoms with Crippen LogP contribution in [0.3, 0.4) is 0 Å². The molecule has 1 amide bonds. The van der Waals surface area contributed by atoms with Crippen LogP contribution in [-0.4, -0.2) is 36.0 Å². The second kappa shape index (κ2) is 2.33. The summed E-state index contributed by atoms with van der Waals surface area (Å²) in [6.45, 7) is 2.31. The van der Waals surface area contributed by atoms with Gasteiger partial charge in [-0.15, -0.1) is 0 Å². The highest BCUT2D eigenvalue weighted by Crippen LogP contribution is 2.22. The lowest BCUT2D eigenvalue weighted by Gasteiger charge is -2.09. The summed E-state index contributed by atoms with van der Waals surface area (Å²) in [6.07, 6.45) is 1.50. The van der Waals surface area contributed by atoms with E-state index in [9.17, 15) is 9.59 Å². The number of hydrogen-bond donors (Lipinski definition) is 0. The van der Waals surface area contributed by atoms with E-state index in [1.807, 2.05) is 6.08 Å². The van der Waals surface area contributed by atoms with E-state index in [1.54, 1.807) is 4.90 Å². The molecule has 2 aliphatic rings. The fourth-order valence-electron chi connectivity index (χ4n) is 1.48. The van der Waals surface area contributed by atoms with Crippen molar-refractivity contribution in [1.82, 2.24) is 4.90 Å². The molecule has 12 heavy (non-hydrogen) atoms. The highest BCUT2D eigenvalue weighted by atomic mass is 16.6. The average molecular weight is 167 g/mol. The molecule has 2 rings (SSSR count). The number of ketones is 1. The molecule has 0 aromatic heterocycles. The first-order chi connectivity index (χ1) is 5.68. The summed E-state index contributed by atoms with van der Waals surface area (Å²) in [5.74, 6) is 0.0391. The topological polar surface area (TPSA) is 46.6 Å². The summed E-state index contributed by atoms with van der Waals surface area (Å²) in [5.41, 5.74) is 0.719. The molecule has 1 saturated heterocycles. The molecular formula is C8H9NO3. The highest BCUT2D eigenvalue weighted by molar-refractivity contribution is 5.95. The molecule has 2 aliphatic heterocycles. The molecule has 4 nitrogen and oxygen atoms in total. The van der Waals surface area contributed by atoms with Crippen molar-refractivity contribution in [3.8, 4) is 0 Å². The van der Waals surface area contributed by atoms with Gasteiger partial charge in [0.05, 0.1) is 12.6 Å². The number of ether oxygens (including phenoxy) is 1. The first kappa shape index (κ1) is 7.34. The quantitative estimate of drug-likeness (QED) is 0.565. The molecule has 0 N–H and O–H groups in total. The van der Waals surface area contributed by atoms with Crippen LogP contribution >= 0.6 is 0 Å². The molecule has 4 heteroatoms. The van der Waals surface area contributed by atoms with Crippen molar-refractivity contribution < 1.29 is 14.3 Å². The van der Waals surface area contributed by atoms with E-state index in [0.717, 1.165) is 5.57 Å². The number of Topliss-reactive ketones (excluding diaryl/α,β-unsaturated/α-hetero) is 1. The Morgan fingerprint density at radius 2 is 2.50 bits per heavy atom. The Morgan fingerprint density at radius 3 is 3.08 bits per heavy atom. The third-order valence-electron chi connectivity index (χ3n) is 2.20. The van der Waals surface area contributed by atoms with Crippen molar-refractivity contribution in [2.75, 3.05) is 13.2 Å². The van der Waals surface area contributed by atoms with Crippen molar-refractivity contribution in [3.05, 3.63) is 11.6 Å². The molecule has 0 saturated carbocycles. The van der Waals surface area contributed by atoms with Gasteiger partial charge in [0.2, 0.25) is 0 Å². The Balaban J connectivity index is 2.19. The molecule has 1 unspecified atom stereocenters. The largest absolute Gasteiger partial charge is 0.447 e. The summed E-state index contributed by atoms with van der Waals surface area (Å²) < 4.78 is 4.78. The number of carbonyl (C=O) groups is 2. The van der Waals surface area contributed by atoms with Crippen molar-refractivity contribution in [2.45, 2.75) is 13.0 Å². The summed E-state index contributed by atoms with van der Waals surface area (Å²) in [6, 6.07) is -0.00333. The number of nitrogens with zero attached hydrogens (tertiary/aromatic N) is 1. The molecule has 0 radical (unpaired) electrons. The van der Waals surface area contributed by atoms with Crippen LogP contribution in [0.5, 0.6) is 0 Å². The summed E-state index contributed by atoms with van der Waals surface area (Å²) in [5, 5.41) is 0. The zero-order chi connectivity index (χ0) is 8.72. The van der Waals surface area contributed by atoms with Crippen molar-refractivity contribution >= 4 is 11.9 Å². The molecule has 0 aromatic carbocycles. The van der Waals surface area contributed by atoms with Crippen LogP contribution in [0.15, 0.2) is 11.6 Å². The zero-order valence-corrected chi connectivity index (χ0v) is 6.74. The minimum atomic E-state index is -0.312. The van der Waals surface area contributed by atoms with E-state index in [2.05, 4.69) is 0 Å². The fourth-order valence-corrected chi connectivity index (χ4v) is 1.48. The second-order valence-corrected chi connectivity index (χ2v) is 3.02. The maximum Gasteiger partial charge on any atom is 0.410 e. The summed E-state index contributed by atoms with van der Waals surface area (Å²) in [7, 11) is 0. The van der Waals surface area contributed by atoms with Gasteiger partial charge in [0.1, 0.15) is 6.61 Å². The lowest BCUT2D eigenvalue weighted by Crippen LogP contribution is -2.28. The van der Waals surface area contributed by atoms with E-state index in [-0.39, 0.29) is 17.9 Å². The van der Waals surface area contributed by atoms with Crippen LogP contribution in [0.4, 0.5) is 4.79 Å². The van der Waals surface area contributed by atoms with Gasteiger partial charge in [-0.05, 0) is 13.0 Å². The molecule has 2 heterocycles. The third kappa shape index (κ3) is 0.913.